The van der Waals surface area contributed by atoms with E-state index >= 15 is 0 Å². The first-order chi connectivity index (χ1) is 10.6. The van der Waals surface area contributed by atoms with Gasteiger partial charge in [0.1, 0.15) is 11.5 Å². The number of carboxylic acids is 1. The Kier molecular flexibility index (Phi) is 4.98. The molecule has 0 amide bonds. The molecule has 0 unspecified atom stereocenters. The Morgan fingerprint density at radius 3 is 2.50 bits per heavy atom. The highest BCUT2D eigenvalue weighted by molar-refractivity contribution is 6.38. The third-order valence-electron chi connectivity index (χ3n) is 3.12. The molecule has 1 aliphatic heterocycles. The Bertz CT molecular complexity index is 582. The summed E-state index contributed by atoms with van der Waals surface area (Å²) in [5.74, 6) is -0.939. The average molecular weight is 306 g/mol. The zero-order valence-corrected chi connectivity index (χ0v) is 12.5. The molecule has 0 saturated carbocycles. The van der Waals surface area contributed by atoms with Gasteiger partial charge in [-0.2, -0.15) is 5.10 Å². The molecule has 0 saturated heterocycles. The number of rotatable bonds is 6. The van der Waals surface area contributed by atoms with Crippen molar-refractivity contribution in [1.82, 2.24) is 0 Å². The lowest BCUT2D eigenvalue weighted by atomic mass is 10.1. The van der Waals surface area contributed by atoms with Crippen LogP contribution in [0.1, 0.15) is 20.3 Å². The van der Waals surface area contributed by atoms with E-state index in [0.717, 1.165) is 0 Å². The predicted octanol–water partition coefficient (Wildman–Crippen LogP) is 1.67. The number of nitrogens with zero attached hydrogens (tertiary/aromatic N) is 2. The molecule has 0 fully saturated rings. The van der Waals surface area contributed by atoms with Crippen molar-refractivity contribution in [2.24, 2.45) is 5.10 Å². The first kappa shape index (κ1) is 15.8. The fourth-order valence-corrected chi connectivity index (χ4v) is 2.14. The van der Waals surface area contributed by atoms with Crippen molar-refractivity contribution in [2.75, 3.05) is 18.2 Å². The number of carbonyl (C=O) groups is 2. The summed E-state index contributed by atoms with van der Waals surface area (Å²) in [5.41, 5.74) is 0.693. The molecule has 0 radical (unpaired) electrons. The number of carbonyl (C=O) groups excluding carboxylic acids is 1. The molecule has 1 heterocycles. The van der Waals surface area contributed by atoms with E-state index in [4.69, 9.17) is 9.47 Å². The van der Waals surface area contributed by atoms with Crippen LogP contribution < -0.4 is 9.75 Å². The van der Waals surface area contributed by atoms with Gasteiger partial charge in [0.15, 0.2) is 6.04 Å². The minimum absolute atomic E-state index is 0.0153. The van der Waals surface area contributed by atoms with Crippen LogP contribution in [0.4, 0.5) is 5.69 Å². The van der Waals surface area contributed by atoms with Crippen molar-refractivity contribution in [3.05, 3.63) is 24.3 Å². The molecule has 7 nitrogen and oxygen atoms in total. The number of anilines is 1. The largest absolute Gasteiger partial charge is 0.494 e. The van der Waals surface area contributed by atoms with Crippen LogP contribution in [0.25, 0.3) is 0 Å². The maximum atomic E-state index is 11.7. The summed E-state index contributed by atoms with van der Waals surface area (Å²) in [5, 5.41) is 14.8. The van der Waals surface area contributed by atoms with Gasteiger partial charge in [0.2, 0.25) is 0 Å². The summed E-state index contributed by atoms with van der Waals surface area (Å²) in [6, 6.07) is 5.96. The Morgan fingerprint density at radius 1 is 1.27 bits per heavy atom. The smallest absolute Gasteiger partial charge is 0.354 e. The van der Waals surface area contributed by atoms with Crippen molar-refractivity contribution >= 4 is 23.3 Å². The summed E-state index contributed by atoms with van der Waals surface area (Å²) >= 11 is 0. The summed E-state index contributed by atoms with van der Waals surface area (Å²) in [6.07, 6.45) is 0.0153. The van der Waals surface area contributed by atoms with E-state index < -0.39 is 18.0 Å². The zero-order valence-electron chi connectivity index (χ0n) is 12.5. The molecule has 118 valence electrons. The maximum Gasteiger partial charge on any atom is 0.354 e. The summed E-state index contributed by atoms with van der Waals surface area (Å²) in [7, 11) is 0. The van der Waals surface area contributed by atoms with Gasteiger partial charge >= 0.3 is 11.9 Å². The molecule has 1 aromatic carbocycles. The number of aliphatic carboxylic acids is 1. The molecule has 1 atom stereocenters. The molecule has 0 aromatic heterocycles. The summed E-state index contributed by atoms with van der Waals surface area (Å²) in [6.45, 7) is 4.34. The van der Waals surface area contributed by atoms with Gasteiger partial charge in [-0.15, -0.1) is 0 Å². The van der Waals surface area contributed by atoms with Crippen molar-refractivity contribution < 1.29 is 24.2 Å². The Labute approximate surface area is 128 Å². The molecular formula is C15H18N2O5. The van der Waals surface area contributed by atoms with E-state index in [1.807, 2.05) is 6.92 Å². The van der Waals surface area contributed by atoms with Gasteiger partial charge in [0.25, 0.3) is 0 Å². The lowest BCUT2D eigenvalue weighted by Crippen LogP contribution is -2.34. The van der Waals surface area contributed by atoms with Crippen LogP contribution in [0.3, 0.4) is 0 Å². The number of esters is 1. The second kappa shape index (κ2) is 6.93. The predicted molar refractivity (Wildman–Crippen MR) is 80.2 cm³/mol. The first-order valence-electron chi connectivity index (χ1n) is 7.06. The Balaban J connectivity index is 2.24. The third-order valence-corrected chi connectivity index (χ3v) is 3.12. The van der Waals surface area contributed by atoms with Gasteiger partial charge in [-0.3, -0.25) is 5.01 Å². The van der Waals surface area contributed by atoms with Gasteiger partial charge in [0, 0.05) is 6.42 Å². The summed E-state index contributed by atoms with van der Waals surface area (Å²) in [4.78, 5) is 23.1. The van der Waals surface area contributed by atoms with Gasteiger partial charge in [0.05, 0.1) is 18.9 Å². The van der Waals surface area contributed by atoms with Crippen LogP contribution >= 0.6 is 0 Å². The molecule has 0 aliphatic carbocycles. The van der Waals surface area contributed by atoms with Gasteiger partial charge in [-0.1, -0.05) is 0 Å². The van der Waals surface area contributed by atoms with Gasteiger partial charge in [-0.05, 0) is 38.1 Å². The highest BCUT2D eigenvalue weighted by atomic mass is 16.5. The normalized spacial score (nSPS) is 17.1. The standard InChI is InChI=1S/C15H18N2O5/c1-3-21-11-7-5-10(6-8-11)17-13(14(18)19)9-12(16-17)15(20)22-4-2/h5-8,13H,3-4,9H2,1-2H3,(H,18,19)/t13-/m0/s1. The molecule has 0 spiro atoms. The van der Waals surface area contributed by atoms with E-state index in [1.54, 1.807) is 31.2 Å². The van der Waals surface area contributed by atoms with Crippen LogP contribution in [0, 0.1) is 0 Å². The topological polar surface area (TPSA) is 88.4 Å². The fraction of sp³-hybridized carbons (Fsp3) is 0.400. The number of carboxylic acid groups (broad SMARTS) is 1. The number of ether oxygens (including phenoxy) is 2. The van der Waals surface area contributed by atoms with Crippen LogP contribution in [0.5, 0.6) is 5.75 Å². The molecule has 0 bridgehead atoms. The lowest BCUT2D eigenvalue weighted by Gasteiger charge is -2.20. The molecule has 1 aromatic rings. The number of hydrazone groups is 1. The highest BCUT2D eigenvalue weighted by Crippen LogP contribution is 2.27. The maximum absolute atomic E-state index is 11.7. The van der Waals surface area contributed by atoms with Crippen LogP contribution in [0.2, 0.25) is 0 Å². The molecule has 2 rings (SSSR count). The first-order valence-corrected chi connectivity index (χ1v) is 7.06. The van der Waals surface area contributed by atoms with Crippen molar-refractivity contribution in [2.45, 2.75) is 26.3 Å². The van der Waals surface area contributed by atoms with Gasteiger partial charge in [-0.25, -0.2) is 9.59 Å². The van der Waals surface area contributed by atoms with Crippen molar-refractivity contribution in [1.29, 1.82) is 0 Å². The quantitative estimate of drug-likeness (QED) is 0.804. The minimum Gasteiger partial charge on any atom is -0.494 e. The molecule has 7 heteroatoms. The van der Waals surface area contributed by atoms with Gasteiger partial charge < -0.3 is 14.6 Å². The molecule has 1 aliphatic rings. The second-order valence-electron chi connectivity index (χ2n) is 4.60. The number of benzene rings is 1. The summed E-state index contributed by atoms with van der Waals surface area (Å²) < 4.78 is 10.2. The van der Waals surface area contributed by atoms with Crippen molar-refractivity contribution in [3.8, 4) is 5.75 Å². The Hall–Kier alpha value is -2.57. The van der Waals surface area contributed by atoms with E-state index in [1.165, 1.54) is 5.01 Å². The van der Waals surface area contributed by atoms with Crippen molar-refractivity contribution in [3.63, 3.8) is 0 Å². The third kappa shape index (κ3) is 3.36. The van der Waals surface area contributed by atoms with Crippen LogP contribution in [-0.4, -0.2) is 42.0 Å². The zero-order chi connectivity index (χ0) is 16.1. The van der Waals surface area contributed by atoms with E-state index in [9.17, 15) is 14.7 Å². The highest BCUT2D eigenvalue weighted by Gasteiger charge is 2.36. The average Bonchev–Trinajstić information content (AvgIpc) is 2.94. The molecule has 22 heavy (non-hydrogen) atoms. The van der Waals surface area contributed by atoms with E-state index in [-0.39, 0.29) is 18.7 Å². The fourth-order valence-electron chi connectivity index (χ4n) is 2.14. The van der Waals surface area contributed by atoms with E-state index in [0.29, 0.717) is 18.0 Å². The number of hydrogen-bond acceptors (Lipinski definition) is 6. The van der Waals surface area contributed by atoms with E-state index in [2.05, 4.69) is 5.10 Å². The number of hydrogen-bond donors (Lipinski definition) is 1. The van der Waals surface area contributed by atoms with Crippen LogP contribution in [0.15, 0.2) is 29.4 Å². The lowest BCUT2D eigenvalue weighted by molar-refractivity contribution is -0.138. The minimum atomic E-state index is -1.04. The molecular weight excluding hydrogens is 288 g/mol. The Morgan fingerprint density at radius 2 is 1.95 bits per heavy atom. The SMILES string of the molecule is CCOC(=O)C1=NN(c2ccc(OCC)cc2)[C@H](C(=O)O)C1. The monoisotopic (exact) mass is 306 g/mol. The van der Waals surface area contributed by atoms with Crippen LogP contribution in [-0.2, 0) is 14.3 Å². The second-order valence-corrected chi connectivity index (χ2v) is 4.60. The molecule has 1 N–H and O–H groups in total.